The molecule has 0 saturated carbocycles. The van der Waals surface area contributed by atoms with Crippen LogP contribution in [0.2, 0.25) is 0 Å². The van der Waals surface area contributed by atoms with Gasteiger partial charge in [-0.1, -0.05) is 0 Å². The number of carbonyl (C=O) groups excluding carboxylic acids is 2. The van der Waals surface area contributed by atoms with Gasteiger partial charge in [0.15, 0.2) is 0 Å². The van der Waals surface area contributed by atoms with Crippen molar-refractivity contribution in [1.29, 1.82) is 0 Å². The van der Waals surface area contributed by atoms with E-state index in [-0.39, 0.29) is 23.8 Å². The molecule has 0 bridgehead atoms. The van der Waals surface area contributed by atoms with Crippen LogP contribution in [0.15, 0.2) is 24.5 Å². The highest BCUT2D eigenvalue weighted by Crippen LogP contribution is 2.19. The van der Waals surface area contributed by atoms with Gasteiger partial charge in [0.2, 0.25) is 5.91 Å². The van der Waals surface area contributed by atoms with E-state index >= 15 is 0 Å². The normalized spacial score (nSPS) is 19.0. The zero-order valence-corrected chi connectivity index (χ0v) is 11.3. The molecule has 1 aromatic heterocycles. The van der Waals surface area contributed by atoms with Crippen LogP contribution in [-0.4, -0.2) is 40.8 Å². The molecule has 0 aromatic carbocycles. The Labute approximate surface area is 113 Å². The first-order valence-corrected chi connectivity index (χ1v) is 6.55. The fourth-order valence-electron chi connectivity index (χ4n) is 2.28. The van der Waals surface area contributed by atoms with Crippen molar-refractivity contribution in [2.24, 2.45) is 5.92 Å². The van der Waals surface area contributed by atoms with E-state index in [2.05, 4.69) is 10.3 Å². The van der Waals surface area contributed by atoms with Crippen molar-refractivity contribution in [2.45, 2.75) is 26.3 Å². The molecule has 1 aliphatic rings. The van der Waals surface area contributed by atoms with E-state index in [9.17, 15) is 9.59 Å². The second-order valence-corrected chi connectivity index (χ2v) is 5.16. The fraction of sp³-hybridized carbons (Fsp3) is 0.500. The largest absolute Gasteiger partial charge is 0.352 e. The van der Waals surface area contributed by atoms with Crippen LogP contribution in [0.4, 0.5) is 0 Å². The molecule has 1 aliphatic heterocycles. The van der Waals surface area contributed by atoms with Gasteiger partial charge in [-0.25, -0.2) is 0 Å². The van der Waals surface area contributed by atoms with E-state index < -0.39 is 0 Å². The lowest BCUT2D eigenvalue weighted by Crippen LogP contribution is -2.34. The van der Waals surface area contributed by atoms with Crippen LogP contribution in [0.5, 0.6) is 0 Å². The minimum Gasteiger partial charge on any atom is -0.352 e. The van der Waals surface area contributed by atoms with Gasteiger partial charge >= 0.3 is 0 Å². The Hall–Kier alpha value is -1.91. The Bertz CT molecular complexity index is 459. The van der Waals surface area contributed by atoms with Gasteiger partial charge in [0.05, 0.1) is 5.56 Å². The number of hydrogen-bond acceptors (Lipinski definition) is 3. The summed E-state index contributed by atoms with van der Waals surface area (Å²) >= 11 is 0. The van der Waals surface area contributed by atoms with Crippen LogP contribution in [-0.2, 0) is 4.79 Å². The average Bonchev–Trinajstić information content (AvgIpc) is 2.78. The van der Waals surface area contributed by atoms with E-state index in [1.54, 1.807) is 18.3 Å². The molecular weight excluding hydrogens is 242 g/mol. The predicted octanol–water partition coefficient (Wildman–Crippen LogP) is 1.07. The van der Waals surface area contributed by atoms with E-state index in [1.807, 2.05) is 18.7 Å². The molecule has 1 saturated heterocycles. The number of aromatic nitrogens is 1. The summed E-state index contributed by atoms with van der Waals surface area (Å²) in [6.45, 7) is 5.27. The summed E-state index contributed by atoms with van der Waals surface area (Å²) in [5, 5.41) is 2.86. The minimum absolute atomic E-state index is 0.136. The number of pyridine rings is 1. The lowest BCUT2D eigenvalue weighted by atomic mass is 10.1. The standard InChI is InChI=1S/C14H19N3O2/c1-10(2)17-9-11(6-13(17)18)7-16-14(19)12-4-3-5-15-8-12/h3-5,8,10-11H,6-7,9H2,1-2H3,(H,16,19). The van der Waals surface area contributed by atoms with Gasteiger partial charge in [0, 0.05) is 43.9 Å². The van der Waals surface area contributed by atoms with Gasteiger partial charge in [-0.3, -0.25) is 14.6 Å². The zero-order chi connectivity index (χ0) is 13.8. The third-order valence-electron chi connectivity index (χ3n) is 3.34. The van der Waals surface area contributed by atoms with Crippen molar-refractivity contribution in [3.8, 4) is 0 Å². The molecule has 0 radical (unpaired) electrons. The van der Waals surface area contributed by atoms with E-state index in [4.69, 9.17) is 0 Å². The Morgan fingerprint density at radius 2 is 2.37 bits per heavy atom. The van der Waals surface area contributed by atoms with E-state index in [0.717, 1.165) is 6.54 Å². The molecule has 1 fully saturated rings. The summed E-state index contributed by atoms with van der Waals surface area (Å²) in [6.07, 6.45) is 3.69. The number of hydrogen-bond donors (Lipinski definition) is 1. The number of amides is 2. The first kappa shape index (κ1) is 13.5. The Kier molecular flexibility index (Phi) is 4.14. The van der Waals surface area contributed by atoms with E-state index in [1.165, 1.54) is 6.20 Å². The molecule has 5 heteroatoms. The third kappa shape index (κ3) is 3.30. The summed E-state index contributed by atoms with van der Waals surface area (Å²) in [7, 11) is 0. The Morgan fingerprint density at radius 1 is 1.58 bits per heavy atom. The molecule has 0 spiro atoms. The molecular formula is C14H19N3O2. The summed E-state index contributed by atoms with van der Waals surface area (Å²) in [4.78, 5) is 29.4. The van der Waals surface area contributed by atoms with Crippen molar-refractivity contribution in [3.05, 3.63) is 30.1 Å². The molecule has 1 unspecified atom stereocenters. The summed E-state index contributed by atoms with van der Waals surface area (Å²) < 4.78 is 0. The van der Waals surface area contributed by atoms with Crippen LogP contribution >= 0.6 is 0 Å². The van der Waals surface area contributed by atoms with Crippen molar-refractivity contribution in [2.75, 3.05) is 13.1 Å². The molecule has 102 valence electrons. The highest BCUT2D eigenvalue weighted by molar-refractivity contribution is 5.93. The second kappa shape index (κ2) is 5.82. The number of carbonyl (C=O) groups is 2. The maximum Gasteiger partial charge on any atom is 0.252 e. The molecule has 5 nitrogen and oxygen atoms in total. The van der Waals surface area contributed by atoms with Crippen molar-refractivity contribution in [1.82, 2.24) is 15.2 Å². The first-order chi connectivity index (χ1) is 9.08. The number of likely N-dealkylation sites (tertiary alicyclic amines) is 1. The van der Waals surface area contributed by atoms with Crippen LogP contribution in [0.25, 0.3) is 0 Å². The lowest BCUT2D eigenvalue weighted by Gasteiger charge is -2.21. The fourth-order valence-corrected chi connectivity index (χ4v) is 2.28. The number of nitrogens with one attached hydrogen (secondary N) is 1. The lowest BCUT2D eigenvalue weighted by molar-refractivity contribution is -0.129. The monoisotopic (exact) mass is 261 g/mol. The van der Waals surface area contributed by atoms with Gasteiger partial charge in [-0.2, -0.15) is 0 Å². The Balaban J connectivity index is 1.84. The van der Waals surface area contributed by atoms with Crippen LogP contribution in [0.3, 0.4) is 0 Å². The molecule has 1 N–H and O–H groups in total. The number of nitrogens with zero attached hydrogens (tertiary/aromatic N) is 2. The van der Waals surface area contributed by atoms with Gasteiger partial charge in [-0.05, 0) is 26.0 Å². The van der Waals surface area contributed by atoms with Gasteiger partial charge in [0.25, 0.3) is 5.91 Å². The molecule has 2 heterocycles. The zero-order valence-electron chi connectivity index (χ0n) is 11.3. The minimum atomic E-state index is -0.136. The smallest absolute Gasteiger partial charge is 0.252 e. The van der Waals surface area contributed by atoms with Crippen LogP contribution in [0.1, 0.15) is 30.6 Å². The average molecular weight is 261 g/mol. The van der Waals surface area contributed by atoms with E-state index in [0.29, 0.717) is 18.5 Å². The summed E-state index contributed by atoms with van der Waals surface area (Å²) in [5.74, 6) is 0.245. The Morgan fingerprint density at radius 3 is 2.95 bits per heavy atom. The van der Waals surface area contributed by atoms with Crippen LogP contribution < -0.4 is 5.32 Å². The molecule has 2 rings (SSSR count). The second-order valence-electron chi connectivity index (χ2n) is 5.16. The molecule has 1 aromatic rings. The van der Waals surface area contributed by atoms with Gasteiger partial charge < -0.3 is 10.2 Å². The molecule has 2 amide bonds. The quantitative estimate of drug-likeness (QED) is 0.881. The molecule has 1 atom stereocenters. The van der Waals surface area contributed by atoms with Crippen LogP contribution in [0, 0.1) is 5.92 Å². The third-order valence-corrected chi connectivity index (χ3v) is 3.34. The summed E-state index contributed by atoms with van der Waals surface area (Å²) in [5.41, 5.74) is 0.549. The SMILES string of the molecule is CC(C)N1CC(CNC(=O)c2cccnc2)CC1=O. The topological polar surface area (TPSA) is 62.3 Å². The molecule has 19 heavy (non-hydrogen) atoms. The van der Waals surface area contributed by atoms with Gasteiger partial charge in [-0.15, -0.1) is 0 Å². The molecule has 0 aliphatic carbocycles. The number of rotatable bonds is 4. The highest BCUT2D eigenvalue weighted by atomic mass is 16.2. The van der Waals surface area contributed by atoms with Gasteiger partial charge in [0.1, 0.15) is 0 Å². The van der Waals surface area contributed by atoms with Crippen molar-refractivity contribution in [3.63, 3.8) is 0 Å². The predicted molar refractivity (Wildman–Crippen MR) is 71.5 cm³/mol. The first-order valence-electron chi connectivity index (χ1n) is 6.55. The maximum absolute atomic E-state index is 11.8. The summed E-state index contributed by atoms with van der Waals surface area (Å²) in [6, 6.07) is 3.68. The van der Waals surface area contributed by atoms with Crippen molar-refractivity contribution >= 4 is 11.8 Å². The van der Waals surface area contributed by atoms with Crippen molar-refractivity contribution < 1.29 is 9.59 Å². The highest BCUT2D eigenvalue weighted by Gasteiger charge is 2.31. The maximum atomic E-state index is 11.8.